The molecule has 0 aliphatic carbocycles. The largest absolute Gasteiger partial charge is 0.348 e. The van der Waals surface area contributed by atoms with Crippen LogP contribution in [0, 0.1) is 6.92 Å². The topological polar surface area (TPSA) is 35.9 Å². The number of hydrogen-bond donors (Lipinski definition) is 0. The number of fused-ring (bicyclic) bond motifs is 1. The van der Waals surface area contributed by atoms with Gasteiger partial charge in [-0.2, -0.15) is 0 Å². The van der Waals surface area contributed by atoms with Gasteiger partial charge >= 0.3 is 0 Å². The molecule has 0 bridgehead atoms. The Morgan fingerprint density at radius 3 is 2.69 bits per heavy atom. The van der Waals surface area contributed by atoms with Crippen molar-refractivity contribution in [1.82, 2.24) is 9.21 Å². The molecule has 1 atom stereocenters. The highest BCUT2D eigenvalue weighted by molar-refractivity contribution is 7.83. The lowest BCUT2D eigenvalue weighted by atomic mass is 10.2. The molecule has 1 aromatic carbocycles. The Bertz CT molecular complexity index is 482. The molecule has 0 amide bonds. The van der Waals surface area contributed by atoms with Gasteiger partial charge in [-0.25, -0.2) is 9.20 Å². The van der Waals surface area contributed by atoms with Gasteiger partial charge in [0.05, 0.1) is 10.6 Å². The summed E-state index contributed by atoms with van der Waals surface area (Å²) in [5.74, 6) is 0.717. The summed E-state index contributed by atoms with van der Waals surface area (Å²) in [5, 5.41) is 0. The molecule has 0 spiro atoms. The fraction of sp³-hybridized carbons (Fsp3) is 0.364. The van der Waals surface area contributed by atoms with Gasteiger partial charge in [0.2, 0.25) is 5.96 Å². The molecule has 86 valence electrons. The van der Waals surface area contributed by atoms with E-state index in [1.165, 1.54) is 0 Å². The Kier molecular flexibility index (Phi) is 2.71. The van der Waals surface area contributed by atoms with Crippen molar-refractivity contribution in [3.63, 3.8) is 0 Å². The van der Waals surface area contributed by atoms with Gasteiger partial charge < -0.3 is 4.90 Å². The fourth-order valence-corrected chi connectivity index (χ4v) is 2.86. The zero-order chi connectivity index (χ0) is 11.9. The van der Waals surface area contributed by atoms with Gasteiger partial charge in [-0.3, -0.25) is 4.31 Å². The Labute approximate surface area is 98.2 Å². The van der Waals surface area contributed by atoms with Crippen molar-refractivity contribution in [2.24, 2.45) is 4.99 Å². The monoisotopic (exact) mass is 237 g/mol. The lowest BCUT2D eigenvalue weighted by molar-refractivity contribution is 0.534. The molecule has 0 aromatic heterocycles. The van der Waals surface area contributed by atoms with E-state index in [-0.39, 0.29) is 0 Å². The highest BCUT2D eigenvalue weighted by Crippen LogP contribution is 2.29. The van der Waals surface area contributed by atoms with Crippen LogP contribution in [0.2, 0.25) is 0 Å². The quantitative estimate of drug-likeness (QED) is 0.685. The van der Waals surface area contributed by atoms with Crippen LogP contribution in [0.25, 0.3) is 0 Å². The van der Waals surface area contributed by atoms with Crippen molar-refractivity contribution >= 4 is 22.6 Å². The number of hydrogen-bond acceptors (Lipinski definition) is 3. The van der Waals surface area contributed by atoms with Gasteiger partial charge in [0.25, 0.3) is 0 Å². The minimum absolute atomic E-state index is 0.717. The van der Waals surface area contributed by atoms with E-state index in [1.807, 2.05) is 44.1 Å². The van der Waals surface area contributed by atoms with E-state index in [0.717, 1.165) is 22.1 Å². The predicted molar refractivity (Wildman–Crippen MR) is 66.1 cm³/mol. The average molecular weight is 237 g/mol. The zero-order valence-electron chi connectivity index (χ0n) is 9.89. The van der Waals surface area contributed by atoms with E-state index in [0.29, 0.717) is 0 Å². The van der Waals surface area contributed by atoms with Crippen molar-refractivity contribution < 1.29 is 4.21 Å². The second kappa shape index (κ2) is 3.90. The van der Waals surface area contributed by atoms with Crippen LogP contribution in [-0.2, 0) is 11.0 Å². The third kappa shape index (κ3) is 1.71. The van der Waals surface area contributed by atoms with Crippen molar-refractivity contribution in [3.8, 4) is 0 Å². The first kappa shape index (κ1) is 11.1. The summed E-state index contributed by atoms with van der Waals surface area (Å²) in [7, 11) is 4.42. The molecule has 1 aromatic rings. The molecule has 0 fully saturated rings. The number of guanidine groups is 1. The molecule has 16 heavy (non-hydrogen) atoms. The summed E-state index contributed by atoms with van der Waals surface area (Å²) in [4.78, 5) is 7.14. The van der Waals surface area contributed by atoms with Crippen LogP contribution in [0.3, 0.4) is 0 Å². The van der Waals surface area contributed by atoms with Gasteiger partial charge in [-0.15, -0.1) is 0 Å². The van der Waals surface area contributed by atoms with Crippen LogP contribution in [0.1, 0.15) is 5.56 Å². The highest BCUT2D eigenvalue weighted by atomic mass is 32.2. The predicted octanol–water partition coefficient (Wildman–Crippen LogP) is 1.51. The fourth-order valence-electron chi connectivity index (χ4n) is 1.64. The van der Waals surface area contributed by atoms with Crippen LogP contribution < -0.4 is 0 Å². The molecule has 1 unspecified atom stereocenters. The van der Waals surface area contributed by atoms with E-state index in [9.17, 15) is 4.21 Å². The van der Waals surface area contributed by atoms with E-state index < -0.39 is 11.0 Å². The van der Waals surface area contributed by atoms with E-state index >= 15 is 0 Å². The Hall–Kier alpha value is -1.36. The molecule has 0 N–H and O–H groups in total. The molecule has 1 aliphatic heterocycles. The van der Waals surface area contributed by atoms with E-state index in [4.69, 9.17) is 0 Å². The summed E-state index contributed by atoms with van der Waals surface area (Å²) in [6, 6.07) is 5.83. The summed E-state index contributed by atoms with van der Waals surface area (Å²) in [5.41, 5.74) is 1.90. The summed E-state index contributed by atoms with van der Waals surface area (Å²) >= 11 is 0. The van der Waals surface area contributed by atoms with Gasteiger partial charge in [-0.1, -0.05) is 6.07 Å². The van der Waals surface area contributed by atoms with Crippen molar-refractivity contribution in [2.45, 2.75) is 11.8 Å². The molecule has 1 heterocycles. The molecular formula is C11H15N3OS. The zero-order valence-corrected chi connectivity index (χ0v) is 10.7. The first-order valence-corrected chi connectivity index (χ1v) is 6.13. The first-order chi connectivity index (χ1) is 7.50. The lowest BCUT2D eigenvalue weighted by Gasteiger charge is -2.29. The maximum absolute atomic E-state index is 12.2. The summed E-state index contributed by atoms with van der Waals surface area (Å²) in [6.45, 7) is 1.99. The maximum Gasteiger partial charge on any atom is 0.213 e. The molecule has 1 aliphatic rings. The number of aryl methyl sites for hydroxylation is 1. The number of nitrogens with zero attached hydrogens (tertiary/aromatic N) is 3. The highest BCUT2D eigenvalue weighted by Gasteiger charge is 2.24. The molecule has 0 saturated heterocycles. The minimum Gasteiger partial charge on any atom is -0.348 e. The molecule has 0 radical (unpaired) electrons. The van der Waals surface area contributed by atoms with Gasteiger partial charge in [0, 0.05) is 21.1 Å². The normalized spacial score (nSPS) is 19.1. The standard InChI is InChI=1S/C11H15N3OS/c1-8-5-6-9-10(7-8)16(15)14(4)11(12-9)13(2)3/h5-7H,1-4H3. The third-order valence-corrected chi connectivity index (χ3v) is 3.82. The SMILES string of the molecule is Cc1ccc2c(c1)S(=O)N(C)C(N(C)C)=N2. The maximum atomic E-state index is 12.2. The molecule has 2 rings (SSSR count). The van der Waals surface area contributed by atoms with Crippen molar-refractivity contribution in [2.75, 3.05) is 21.1 Å². The molecule has 0 saturated carbocycles. The van der Waals surface area contributed by atoms with Crippen molar-refractivity contribution in [3.05, 3.63) is 23.8 Å². The third-order valence-electron chi connectivity index (χ3n) is 2.45. The molecular weight excluding hydrogens is 222 g/mol. The van der Waals surface area contributed by atoms with Crippen LogP contribution in [0.15, 0.2) is 28.1 Å². The van der Waals surface area contributed by atoms with Crippen LogP contribution in [0.5, 0.6) is 0 Å². The minimum atomic E-state index is -1.16. The summed E-state index contributed by atoms with van der Waals surface area (Å²) in [6.07, 6.45) is 0. The van der Waals surface area contributed by atoms with Gasteiger partial charge in [0.1, 0.15) is 0 Å². The Balaban J connectivity index is 2.59. The molecule has 4 nitrogen and oxygen atoms in total. The number of rotatable bonds is 0. The lowest BCUT2D eigenvalue weighted by Crippen LogP contribution is -2.40. The number of aliphatic imine (C=N–C) groups is 1. The second-order valence-corrected chi connectivity index (χ2v) is 5.51. The van der Waals surface area contributed by atoms with Gasteiger partial charge in [-0.05, 0) is 24.6 Å². The Morgan fingerprint density at radius 2 is 2.06 bits per heavy atom. The van der Waals surface area contributed by atoms with E-state index in [2.05, 4.69) is 4.99 Å². The average Bonchev–Trinajstić information content (AvgIpc) is 2.23. The number of benzene rings is 1. The Morgan fingerprint density at radius 1 is 1.38 bits per heavy atom. The summed E-state index contributed by atoms with van der Waals surface area (Å²) < 4.78 is 13.9. The van der Waals surface area contributed by atoms with Gasteiger partial charge in [0.15, 0.2) is 11.0 Å². The van der Waals surface area contributed by atoms with Crippen LogP contribution in [-0.4, -0.2) is 40.5 Å². The smallest absolute Gasteiger partial charge is 0.213 e. The first-order valence-electron chi connectivity index (χ1n) is 5.03. The van der Waals surface area contributed by atoms with Crippen LogP contribution >= 0.6 is 0 Å². The van der Waals surface area contributed by atoms with Crippen molar-refractivity contribution in [1.29, 1.82) is 0 Å². The van der Waals surface area contributed by atoms with Crippen LogP contribution in [0.4, 0.5) is 5.69 Å². The second-order valence-electron chi connectivity index (χ2n) is 4.02. The van der Waals surface area contributed by atoms with E-state index in [1.54, 1.807) is 11.4 Å². The molecule has 5 heteroatoms.